The van der Waals surface area contributed by atoms with Gasteiger partial charge in [-0.25, -0.2) is 9.37 Å². The molecule has 1 aromatic carbocycles. The highest BCUT2D eigenvalue weighted by molar-refractivity contribution is 7.98. The highest BCUT2D eigenvalue weighted by Crippen LogP contribution is 2.21. The first kappa shape index (κ1) is 12.7. The number of rotatable bonds is 4. The SMILES string of the molecule is CSCCn1c(CCl)nc2cc(F)c(C)cc21. The fourth-order valence-electron chi connectivity index (χ4n) is 1.83. The van der Waals surface area contributed by atoms with E-state index >= 15 is 0 Å². The van der Waals surface area contributed by atoms with Crippen molar-refractivity contribution >= 4 is 34.4 Å². The molecule has 0 atom stereocenters. The molecule has 0 aliphatic heterocycles. The molecular formula is C12H14ClFN2S. The topological polar surface area (TPSA) is 17.8 Å². The Hall–Kier alpha value is -0.740. The predicted octanol–water partition coefficient (Wildman–Crippen LogP) is 3.59. The molecule has 0 N–H and O–H groups in total. The minimum Gasteiger partial charge on any atom is -0.326 e. The quantitative estimate of drug-likeness (QED) is 0.792. The van der Waals surface area contributed by atoms with Crippen LogP contribution < -0.4 is 0 Å². The number of hydrogen-bond acceptors (Lipinski definition) is 2. The van der Waals surface area contributed by atoms with Crippen LogP contribution in [0.2, 0.25) is 0 Å². The van der Waals surface area contributed by atoms with Crippen molar-refractivity contribution in [2.45, 2.75) is 19.3 Å². The normalized spacial score (nSPS) is 11.3. The number of halogens is 2. The summed E-state index contributed by atoms with van der Waals surface area (Å²) in [5, 5.41) is 0. The summed E-state index contributed by atoms with van der Waals surface area (Å²) in [5.74, 6) is 1.93. The Balaban J connectivity index is 2.57. The standard InChI is InChI=1S/C12H14ClFN2S/c1-8-5-11-10(6-9(8)14)15-12(7-13)16(11)3-4-17-2/h5-6H,3-4,7H2,1-2H3. The fourth-order valence-corrected chi connectivity index (χ4v) is 2.40. The molecule has 1 heterocycles. The number of aryl methyl sites for hydroxylation is 2. The summed E-state index contributed by atoms with van der Waals surface area (Å²) in [5.41, 5.74) is 2.29. The number of nitrogens with zero attached hydrogens (tertiary/aromatic N) is 2. The van der Waals surface area contributed by atoms with Crippen LogP contribution in [0.4, 0.5) is 4.39 Å². The summed E-state index contributed by atoms with van der Waals surface area (Å²) in [6, 6.07) is 3.32. The Labute approximate surface area is 109 Å². The van der Waals surface area contributed by atoms with Crippen LogP contribution in [0.5, 0.6) is 0 Å². The molecule has 2 nitrogen and oxygen atoms in total. The molecule has 2 aromatic rings. The van der Waals surface area contributed by atoms with Gasteiger partial charge in [-0.1, -0.05) is 0 Å². The number of imidazole rings is 1. The number of benzene rings is 1. The summed E-state index contributed by atoms with van der Waals surface area (Å²) in [7, 11) is 0. The molecule has 2 rings (SSSR count). The van der Waals surface area contributed by atoms with Crippen molar-refractivity contribution in [1.82, 2.24) is 9.55 Å². The van der Waals surface area contributed by atoms with Gasteiger partial charge in [0, 0.05) is 18.4 Å². The van der Waals surface area contributed by atoms with Gasteiger partial charge in [0.15, 0.2) is 0 Å². The van der Waals surface area contributed by atoms with Crippen molar-refractivity contribution in [3.05, 3.63) is 29.3 Å². The lowest BCUT2D eigenvalue weighted by atomic mass is 10.2. The van der Waals surface area contributed by atoms with Crippen LogP contribution in [-0.2, 0) is 12.4 Å². The van der Waals surface area contributed by atoms with Crippen molar-refractivity contribution in [2.75, 3.05) is 12.0 Å². The number of hydrogen-bond donors (Lipinski definition) is 0. The molecule has 0 fully saturated rings. The third kappa shape index (κ3) is 2.43. The zero-order chi connectivity index (χ0) is 12.4. The van der Waals surface area contributed by atoms with Gasteiger partial charge in [-0.15, -0.1) is 11.6 Å². The van der Waals surface area contributed by atoms with Gasteiger partial charge in [0.25, 0.3) is 0 Å². The Morgan fingerprint density at radius 3 is 2.88 bits per heavy atom. The van der Waals surface area contributed by atoms with Gasteiger partial charge in [-0.05, 0) is 24.8 Å². The first-order valence-corrected chi connectivity index (χ1v) is 7.30. The summed E-state index contributed by atoms with van der Waals surface area (Å²) < 4.78 is 15.5. The van der Waals surface area contributed by atoms with E-state index in [9.17, 15) is 4.39 Å². The zero-order valence-corrected chi connectivity index (χ0v) is 11.4. The maximum atomic E-state index is 13.5. The molecule has 0 unspecified atom stereocenters. The van der Waals surface area contributed by atoms with Crippen LogP contribution in [0.1, 0.15) is 11.4 Å². The number of alkyl halides is 1. The summed E-state index contributed by atoms with van der Waals surface area (Å²) in [6.07, 6.45) is 2.06. The third-order valence-electron chi connectivity index (χ3n) is 2.75. The first-order valence-electron chi connectivity index (χ1n) is 5.37. The second-order valence-electron chi connectivity index (χ2n) is 3.90. The van der Waals surface area contributed by atoms with E-state index in [1.807, 2.05) is 6.07 Å². The molecule has 0 amide bonds. The van der Waals surface area contributed by atoms with Crippen LogP contribution >= 0.6 is 23.4 Å². The largest absolute Gasteiger partial charge is 0.326 e. The average molecular weight is 273 g/mol. The van der Waals surface area contributed by atoms with Gasteiger partial charge in [0.2, 0.25) is 0 Å². The lowest BCUT2D eigenvalue weighted by Crippen LogP contribution is -2.04. The first-order chi connectivity index (χ1) is 8.17. The van der Waals surface area contributed by atoms with E-state index in [-0.39, 0.29) is 5.82 Å². The van der Waals surface area contributed by atoms with E-state index in [4.69, 9.17) is 11.6 Å². The Kier molecular flexibility index (Phi) is 3.94. The number of fused-ring (bicyclic) bond motifs is 1. The van der Waals surface area contributed by atoms with Gasteiger partial charge in [0.1, 0.15) is 11.6 Å². The summed E-state index contributed by atoms with van der Waals surface area (Å²) in [4.78, 5) is 4.37. The summed E-state index contributed by atoms with van der Waals surface area (Å²) >= 11 is 7.65. The molecule has 0 radical (unpaired) electrons. The zero-order valence-electron chi connectivity index (χ0n) is 9.83. The van der Waals surface area contributed by atoms with Gasteiger partial charge < -0.3 is 4.57 Å². The molecule has 0 bridgehead atoms. The average Bonchev–Trinajstić information content (AvgIpc) is 2.64. The highest BCUT2D eigenvalue weighted by Gasteiger charge is 2.11. The molecule has 0 saturated heterocycles. The molecular weight excluding hydrogens is 259 g/mol. The van der Waals surface area contributed by atoms with E-state index < -0.39 is 0 Å². The molecule has 5 heteroatoms. The minimum atomic E-state index is -0.215. The molecule has 92 valence electrons. The smallest absolute Gasteiger partial charge is 0.128 e. The molecule has 17 heavy (non-hydrogen) atoms. The molecule has 1 aromatic heterocycles. The van der Waals surface area contributed by atoms with E-state index in [1.165, 1.54) is 6.07 Å². The molecule has 0 spiro atoms. The Morgan fingerprint density at radius 1 is 1.47 bits per heavy atom. The number of thioether (sulfide) groups is 1. The minimum absolute atomic E-state index is 0.215. The fraction of sp³-hybridized carbons (Fsp3) is 0.417. The van der Waals surface area contributed by atoms with E-state index in [2.05, 4.69) is 15.8 Å². The Bertz CT molecular complexity index is 539. The van der Waals surface area contributed by atoms with Gasteiger partial charge >= 0.3 is 0 Å². The van der Waals surface area contributed by atoms with Crippen molar-refractivity contribution in [3.8, 4) is 0 Å². The molecule has 0 saturated carbocycles. The Morgan fingerprint density at radius 2 is 2.24 bits per heavy atom. The van der Waals surface area contributed by atoms with Crippen LogP contribution in [0.3, 0.4) is 0 Å². The predicted molar refractivity (Wildman–Crippen MR) is 72.4 cm³/mol. The van der Waals surface area contributed by atoms with E-state index in [1.54, 1.807) is 18.7 Å². The lowest BCUT2D eigenvalue weighted by Gasteiger charge is -2.06. The van der Waals surface area contributed by atoms with Crippen molar-refractivity contribution in [2.24, 2.45) is 0 Å². The monoisotopic (exact) mass is 272 g/mol. The maximum absolute atomic E-state index is 13.5. The highest BCUT2D eigenvalue weighted by atomic mass is 35.5. The van der Waals surface area contributed by atoms with Crippen molar-refractivity contribution in [1.29, 1.82) is 0 Å². The van der Waals surface area contributed by atoms with Crippen molar-refractivity contribution in [3.63, 3.8) is 0 Å². The van der Waals surface area contributed by atoms with Crippen LogP contribution in [0.15, 0.2) is 12.1 Å². The lowest BCUT2D eigenvalue weighted by molar-refractivity contribution is 0.620. The van der Waals surface area contributed by atoms with Gasteiger partial charge in [0.05, 0.1) is 16.9 Å². The van der Waals surface area contributed by atoms with Crippen molar-refractivity contribution < 1.29 is 4.39 Å². The molecule has 0 aliphatic carbocycles. The molecule has 0 aliphatic rings. The van der Waals surface area contributed by atoms with Gasteiger partial charge in [-0.3, -0.25) is 0 Å². The van der Waals surface area contributed by atoms with Gasteiger partial charge in [-0.2, -0.15) is 11.8 Å². The number of aromatic nitrogens is 2. The van der Waals surface area contributed by atoms with Crippen LogP contribution in [0, 0.1) is 12.7 Å². The van der Waals surface area contributed by atoms with E-state index in [0.29, 0.717) is 17.0 Å². The second-order valence-corrected chi connectivity index (χ2v) is 5.15. The maximum Gasteiger partial charge on any atom is 0.128 e. The third-order valence-corrected chi connectivity index (χ3v) is 3.58. The van der Waals surface area contributed by atoms with Crippen LogP contribution in [0.25, 0.3) is 11.0 Å². The van der Waals surface area contributed by atoms with Crippen LogP contribution in [-0.4, -0.2) is 21.6 Å². The summed E-state index contributed by atoms with van der Waals surface area (Å²) in [6.45, 7) is 2.62. The van der Waals surface area contributed by atoms with E-state index in [0.717, 1.165) is 23.6 Å². The second kappa shape index (κ2) is 5.27.